The molecule has 0 fully saturated rings. The molecule has 0 aromatic heterocycles. The van der Waals surface area contributed by atoms with Crippen LogP contribution in [0.3, 0.4) is 0 Å². The van der Waals surface area contributed by atoms with Gasteiger partial charge in [-0.2, -0.15) is 0 Å². The lowest BCUT2D eigenvalue weighted by Crippen LogP contribution is -2.40. The number of allylic oxidation sites excluding steroid dienone is 1. The molecule has 3 heteroatoms. The van der Waals surface area contributed by atoms with Crippen LogP contribution in [-0.4, -0.2) is 30.0 Å². The number of nitrogens with zero attached hydrogens (tertiary/aromatic N) is 1. The quantitative estimate of drug-likeness (QED) is 0.786. The van der Waals surface area contributed by atoms with Gasteiger partial charge in [0.05, 0.1) is 0 Å². The van der Waals surface area contributed by atoms with Gasteiger partial charge in [0.15, 0.2) is 6.10 Å². The van der Waals surface area contributed by atoms with Crippen LogP contribution in [0.1, 0.15) is 33.3 Å². The van der Waals surface area contributed by atoms with Gasteiger partial charge in [0.25, 0.3) is 5.91 Å². The van der Waals surface area contributed by atoms with Crippen molar-refractivity contribution in [3.63, 3.8) is 0 Å². The molecule has 104 valence electrons. The van der Waals surface area contributed by atoms with Crippen molar-refractivity contribution in [3.8, 4) is 5.75 Å². The normalized spacial score (nSPS) is 12.4. The number of benzene rings is 1. The molecule has 0 aliphatic rings. The van der Waals surface area contributed by atoms with Gasteiger partial charge in [-0.25, -0.2) is 0 Å². The molecule has 0 saturated heterocycles. The maximum atomic E-state index is 12.2. The number of likely N-dealkylation sites (N-methyl/N-ethyl adjacent to an activating group) is 1. The van der Waals surface area contributed by atoms with Gasteiger partial charge in [-0.1, -0.05) is 30.4 Å². The van der Waals surface area contributed by atoms with E-state index in [0.29, 0.717) is 13.1 Å². The van der Waals surface area contributed by atoms with Crippen LogP contribution >= 0.6 is 0 Å². The molecule has 3 nitrogen and oxygen atoms in total. The summed E-state index contributed by atoms with van der Waals surface area (Å²) in [7, 11) is 0. The van der Waals surface area contributed by atoms with Crippen molar-refractivity contribution in [2.45, 2.75) is 33.8 Å². The average molecular weight is 261 g/mol. The lowest BCUT2D eigenvalue weighted by atomic mass is 10.2. The van der Waals surface area contributed by atoms with E-state index in [9.17, 15) is 4.79 Å². The highest BCUT2D eigenvalue weighted by atomic mass is 16.5. The summed E-state index contributed by atoms with van der Waals surface area (Å²) in [5, 5.41) is 0. The maximum Gasteiger partial charge on any atom is 0.263 e. The molecule has 0 saturated carbocycles. The minimum Gasteiger partial charge on any atom is -0.480 e. The fourth-order valence-electron chi connectivity index (χ4n) is 1.94. The third-order valence-corrected chi connectivity index (χ3v) is 2.99. The number of para-hydroxylation sites is 1. The minimum atomic E-state index is -0.466. The number of ether oxygens (including phenoxy) is 1. The minimum absolute atomic E-state index is 0.0280. The molecule has 0 aliphatic heterocycles. The molecule has 0 N–H and O–H groups in total. The monoisotopic (exact) mass is 261 g/mol. The van der Waals surface area contributed by atoms with Crippen LogP contribution in [0, 0.1) is 0 Å². The van der Waals surface area contributed by atoms with Crippen molar-refractivity contribution in [1.82, 2.24) is 4.90 Å². The Morgan fingerprint density at radius 3 is 2.53 bits per heavy atom. The van der Waals surface area contributed by atoms with E-state index in [1.54, 1.807) is 11.8 Å². The third kappa shape index (κ3) is 4.12. The summed E-state index contributed by atoms with van der Waals surface area (Å²) in [6.07, 6.45) is 3.47. The molecule has 1 atom stereocenters. The average Bonchev–Trinajstić information content (AvgIpc) is 2.42. The standard InChI is InChI=1S/C16H23NO2/c1-5-10-14-11-8-9-12-15(14)19-13(4)16(18)17(6-2)7-3/h5,8-13H,6-7H2,1-4H3. The van der Waals surface area contributed by atoms with Crippen molar-refractivity contribution in [2.24, 2.45) is 0 Å². The van der Waals surface area contributed by atoms with Gasteiger partial charge in [0.1, 0.15) is 5.75 Å². The van der Waals surface area contributed by atoms with Crippen LogP contribution in [0.4, 0.5) is 0 Å². The second-order valence-corrected chi connectivity index (χ2v) is 4.31. The molecular weight excluding hydrogens is 238 g/mol. The molecule has 1 aromatic carbocycles. The molecule has 0 bridgehead atoms. The third-order valence-electron chi connectivity index (χ3n) is 2.99. The fourth-order valence-corrected chi connectivity index (χ4v) is 1.94. The predicted octanol–water partition coefficient (Wildman–Crippen LogP) is 3.36. The first-order valence-electron chi connectivity index (χ1n) is 6.81. The Hall–Kier alpha value is -1.77. The van der Waals surface area contributed by atoms with Crippen LogP contribution in [-0.2, 0) is 4.79 Å². The van der Waals surface area contributed by atoms with Crippen LogP contribution in [0.25, 0.3) is 6.08 Å². The van der Waals surface area contributed by atoms with Crippen LogP contribution in [0.15, 0.2) is 30.3 Å². The van der Waals surface area contributed by atoms with E-state index in [2.05, 4.69) is 0 Å². The summed E-state index contributed by atoms with van der Waals surface area (Å²) in [4.78, 5) is 13.9. The molecule has 1 rings (SSSR count). The summed E-state index contributed by atoms with van der Waals surface area (Å²) in [6, 6.07) is 7.74. The Morgan fingerprint density at radius 2 is 1.95 bits per heavy atom. The second-order valence-electron chi connectivity index (χ2n) is 4.31. The molecule has 0 heterocycles. The van der Waals surface area contributed by atoms with E-state index < -0.39 is 6.10 Å². The Bertz CT molecular complexity index is 436. The molecule has 0 spiro atoms. The number of carbonyl (C=O) groups excluding carboxylic acids is 1. The summed E-state index contributed by atoms with van der Waals surface area (Å²) in [5.41, 5.74) is 0.990. The van der Waals surface area contributed by atoms with E-state index in [0.717, 1.165) is 11.3 Å². The number of hydrogen-bond acceptors (Lipinski definition) is 2. The zero-order chi connectivity index (χ0) is 14.3. The first-order valence-corrected chi connectivity index (χ1v) is 6.81. The van der Waals surface area contributed by atoms with Crippen LogP contribution in [0.2, 0.25) is 0 Å². The summed E-state index contributed by atoms with van der Waals surface area (Å²) in [5.74, 6) is 0.772. The van der Waals surface area contributed by atoms with E-state index >= 15 is 0 Å². The van der Waals surface area contributed by atoms with Gasteiger partial charge < -0.3 is 9.64 Å². The molecule has 1 aromatic rings. The Labute approximate surface area is 115 Å². The van der Waals surface area contributed by atoms with Gasteiger partial charge in [-0.3, -0.25) is 4.79 Å². The van der Waals surface area contributed by atoms with Gasteiger partial charge in [-0.05, 0) is 33.8 Å². The molecule has 0 radical (unpaired) electrons. The zero-order valence-corrected chi connectivity index (χ0v) is 12.2. The first-order chi connectivity index (χ1) is 9.13. The number of carbonyl (C=O) groups is 1. The number of hydrogen-bond donors (Lipinski definition) is 0. The highest BCUT2D eigenvalue weighted by Gasteiger charge is 2.20. The Kier molecular flexibility index (Phi) is 6.13. The second kappa shape index (κ2) is 7.62. The van der Waals surface area contributed by atoms with Gasteiger partial charge in [-0.15, -0.1) is 0 Å². The van der Waals surface area contributed by atoms with Crippen molar-refractivity contribution in [1.29, 1.82) is 0 Å². The van der Waals surface area contributed by atoms with Gasteiger partial charge in [0.2, 0.25) is 0 Å². The molecular formula is C16H23NO2. The zero-order valence-electron chi connectivity index (χ0n) is 12.2. The number of amides is 1. The van der Waals surface area contributed by atoms with Crippen molar-refractivity contribution in [3.05, 3.63) is 35.9 Å². The maximum absolute atomic E-state index is 12.2. The summed E-state index contributed by atoms with van der Waals surface area (Å²) in [6.45, 7) is 9.12. The lowest BCUT2D eigenvalue weighted by molar-refractivity contribution is -0.137. The van der Waals surface area contributed by atoms with Gasteiger partial charge in [0, 0.05) is 18.7 Å². The largest absolute Gasteiger partial charge is 0.480 e. The van der Waals surface area contributed by atoms with E-state index in [1.807, 2.05) is 57.2 Å². The highest BCUT2D eigenvalue weighted by Crippen LogP contribution is 2.21. The fraction of sp³-hybridized carbons (Fsp3) is 0.438. The number of rotatable bonds is 6. The topological polar surface area (TPSA) is 29.5 Å². The molecule has 0 aliphatic carbocycles. The molecule has 19 heavy (non-hydrogen) atoms. The van der Waals surface area contributed by atoms with E-state index in [1.165, 1.54) is 0 Å². The molecule has 1 unspecified atom stereocenters. The summed E-state index contributed by atoms with van der Waals surface area (Å²) < 4.78 is 5.80. The SMILES string of the molecule is CC=Cc1ccccc1OC(C)C(=O)N(CC)CC. The highest BCUT2D eigenvalue weighted by molar-refractivity contribution is 5.81. The Morgan fingerprint density at radius 1 is 1.32 bits per heavy atom. The van der Waals surface area contributed by atoms with Crippen molar-refractivity contribution >= 4 is 12.0 Å². The smallest absolute Gasteiger partial charge is 0.263 e. The van der Waals surface area contributed by atoms with E-state index in [4.69, 9.17) is 4.74 Å². The predicted molar refractivity (Wildman–Crippen MR) is 79.2 cm³/mol. The van der Waals surface area contributed by atoms with Gasteiger partial charge >= 0.3 is 0 Å². The molecule has 1 amide bonds. The van der Waals surface area contributed by atoms with Crippen LogP contribution in [0.5, 0.6) is 5.75 Å². The summed E-state index contributed by atoms with van der Waals surface area (Å²) >= 11 is 0. The van der Waals surface area contributed by atoms with E-state index in [-0.39, 0.29) is 5.91 Å². The van der Waals surface area contributed by atoms with Crippen molar-refractivity contribution in [2.75, 3.05) is 13.1 Å². The lowest BCUT2D eigenvalue weighted by Gasteiger charge is -2.23. The van der Waals surface area contributed by atoms with Crippen LogP contribution < -0.4 is 4.74 Å². The Balaban J connectivity index is 2.82. The first kappa shape index (κ1) is 15.3. The van der Waals surface area contributed by atoms with Crippen molar-refractivity contribution < 1.29 is 9.53 Å².